The number of fused-ring (bicyclic) bond motifs is 1. The van der Waals surface area contributed by atoms with E-state index in [2.05, 4.69) is 31.9 Å². The van der Waals surface area contributed by atoms with Crippen molar-refractivity contribution in [2.75, 3.05) is 0 Å². The number of benzene rings is 2. The molecule has 2 atom stereocenters. The highest BCUT2D eigenvalue weighted by Gasteiger charge is 2.27. The third-order valence-corrected chi connectivity index (χ3v) is 4.56. The number of hydrogen-bond acceptors (Lipinski definition) is 2. The molecule has 2 aromatic carbocycles. The van der Waals surface area contributed by atoms with Crippen LogP contribution in [0.5, 0.6) is 5.75 Å². The van der Waals surface area contributed by atoms with Crippen molar-refractivity contribution in [3.05, 3.63) is 62.3 Å². The maximum Gasteiger partial charge on any atom is 0.137 e. The Hall–Kier alpha value is -0.910. The lowest BCUT2D eigenvalue weighted by molar-refractivity contribution is 0.161. The van der Waals surface area contributed by atoms with Crippen molar-refractivity contribution in [1.82, 2.24) is 0 Å². The van der Waals surface area contributed by atoms with E-state index in [1.165, 1.54) is 6.07 Å². The van der Waals surface area contributed by atoms with Crippen LogP contribution >= 0.6 is 31.9 Å². The number of halogens is 3. The van der Waals surface area contributed by atoms with Gasteiger partial charge in [0.05, 0.1) is 4.47 Å². The lowest BCUT2D eigenvalue weighted by Gasteiger charge is -2.30. The van der Waals surface area contributed by atoms with Gasteiger partial charge in [-0.1, -0.05) is 22.0 Å². The van der Waals surface area contributed by atoms with Gasteiger partial charge in [-0.3, -0.25) is 0 Å². The fourth-order valence-corrected chi connectivity index (χ4v) is 3.02. The standard InChI is InChI=1S/C15H12Br2FNO/c16-9-2-4-14-10(6-9)13(19)7-15(20-14)8-1-3-11(17)12(18)5-8/h1-6,13,15H,7,19H2/t13-,15?/m1/s1. The second-order valence-electron chi connectivity index (χ2n) is 4.80. The molecule has 0 radical (unpaired) electrons. The van der Waals surface area contributed by atoms with Gasteiger partial charge in [0, 0.05) is 22.5 Å². The molecule has 2 aromatic rings. The topological polar surface area (TPSA) is 35.2 Å². The van der Waals surface area contributed by atoms with Crippen molar-refractivity contribution in [2.45, 2.75) is 18.6 Å². The molecule has 2 N–H and O–H groups in total. The van der Waals surface area contributed by atoms with Crippen LogP contribution in [0, 0.1) is 5.82 Å². The monoisotopic (exact) mass is 399 g/mol. The molecule has 0 saturated heterocycles. The molecule has 1 aliphatic heterocycles. The molecule has 0 bridgehead atoms. The Morgan fingerprint density at radius 1 is 1.15 bits per heavy atom. The van der Waals surface area contributed by atoms with E-state index in [0.29, 0.717) is 10.9 Å². The highest BCUT2D eigenvalue weighted by molar-refractivity contribution is 9.10. The Balaban J connectivity index is 1.94. The summed E-state index contributed by atoms with van der Waals surface area (Å²) in [6.07, 6.45) is 0.408. The van der Waals surface area contributed by atoms with Gasteiger partial charge in [0.25, 0.3) is 0 Å². The molecule has 0 aliphatic carbocycles. The molecule has 1 aliphatic rings. The molecule has 1 heterocycles. The zero-order valence-corrected chi connectivity index (χ0v) is 13.6. The van der Waals surface area contributed by atoms with Crippen LogP contribution in [0.2, 0.25) is 0 Å². The second kappa shape index (κ2) is 5.47. The van der Waals surface area contributed by atoms with E-state index >= 15 is 0 Å². The molecule has 3 rings (SSSR count). The predicted molar refractivity (Wildman–Crippen MR) is 83.2 cm³/mol. The van der Waals surface area contributed by atoms with E-state index < -0.39 is 0 Å². The lowest BCUT2D eigenvalue weighted by atomic mass is 9.93. The van der Waals surface area contributed by atoms with Crippen LogP contribution in [0.15, 0.2) is 45.3 Å². The summed E-state index contributed by atoms with van der Waals surface area (Å²) in [5.74, 6) is 0.474. The van der Waals surface area contributed by atoms with Crippen LogP contribution in [0.3, 0.4) is 0 Å². The van der Waals surface area contributed by atoms with Gasteiger partial charge >= 0.3 is 0 Å². The van der Waals surface area contributed by atoms with Gasteiger partial charge in [-0.05, 0) is 51.8 Å². The quantitative estimate of drug-likeness (QED) is 0.740. The maximum atomic E-state index is 13.6. The number of hydrogen-bond donors (Lipinski definition) is 1. The molecule has 0 spiro atoms. The van der Waals surface area contributed by atoms with Gasteiger partial charge in [-0.25, -0.2) is 4.39 Å². The molecule has 0 amide bonds. The molecule has 0 aromatic heterocycles. The lowest BCUT2D eigenvalue weighted by Crippen LogP contribution is -2.24. The van der Waals surface area contributed by atoms with Crippen molar-refractivity contribution < 1.29 is 9.13 Å². The van der Waals surface area contributed by atoms with Crippen LogP contribution in [-0.4, -0.2) is 0 Å². The van der Waals surface area contributed by atoms with Gasteiger partial charge in [-0.2, -0.15) is 0 Å². The summed E-state index contributed by atoms with van der Waals surface area (Å²) >= 11 is 6.58. The van der Waals surface area contributed by atoms with Crippen molar-refractivity contribution in [3.63, 3.8) is 0 Å². The minimum absolute atomic E-state index is 0.118. The van der Waals surface area contributed by atoms with E-state index in [-0.39, 0.29) is 18.0 Å². The first kappa shape index (κ1) is 14.0. The Morgan fingerprint density at radius 3 is 2.70 bits per heavy atom. The van der Waals surface area contributed by atoms with Crippen molar-refractivity contribution in [1.29, 1.82) is 0 Å². The molecule has 1 unspecified atom stereocenters. The summed E-state index contributed by atoms with van der Waals surface area (Å²) < 4.78 is 21.0. The third kappa shape index (κ3) is 2.62. The number of rotatable bonds is 1. The van der Waals surface area contributed by atoms with Gasteiger partial charge in [0.1, 0.15) is 17.7 Å². The van der Waals surface area contributed by atoms with Crippen LogP contribution in [0.25, 0.3) is 0 Å². The van der Waals surface area contributed by atoms with E-state index in [1.807, 2.05) is 24.3 Å². The van der Waals surface area contributed by atoms with Crippen LogP contribution in [-0.2, 0) is 0 Å². The molecule has 2 nitrogen and oxygen atoms in total. The zero-order chi connectivity index (χ0) is 14.3. The fraction of sp³-hybridized carbons (Fsp3) is 0.200. The highest BCUT2D eigenvalue weighted by Crippen LogP contribution is 2.41. The average Bonchev–Trinajstić information content (AvgIpc) is 2.42. The number of nitrogens with two attached hydrogens (primary N) is 1. The van der Waals surface area contributed by atoms with Crippen LogP contribution in [0.4, 0.5) is 4.39 Å². The normalized spacial score (nSPS) is 21.2. The van der Waals surface area contributed by atoms with Crippen molar-refractivity contribution in [3.8, 4) is 5.75 Å². The SMILES string of the molecule is N[C@@H]1CC(c2ccc(Br)c(F)c2)Oc2ccc(Br)cc21. The second-order valence-corrected chi connectivity index (χ2v) is 6.57. The summed E-state index contributed by atoms with van der Waals surface area (Å²) in [6.45, 7) is 0. The van der Waals surface area contributed by atoms with Crippen molar-refractivity contribution in [2.24, 2.45) is 5.73 Å². The molecular formula is C15H12Br2FNO. The maximum absolute atomic E-state index is 13.6. The van der Waals surface area contributed by atoms with Crippen molar-refractivity contribution >= 4 is 31.9 Å². The van der Waals surface area contributed by atoms with E-state index in [0.717, 1.165) is 21.3 Å². The minimum Gasteiger partial charge on any atom is -0.485 e. The smallest absolute Gasteiger partial charge is 0.137 e. The molecular weight excluding hydrogens is 389 g/mol. The fourth-order valence-electron chi connectivity index (χ4n) is 2.39. The molecule has 0 saturated carbocycles. The Labute approximate surface area is 133 Å². The summed E-state index contributed by atoms with van der Waals surface area (Å²) in [5.41, 5.74) is 7.99. The summed E-state index contributed by atoms with van der Waals surface area (Å²) in [4.78, 5) is 0. The predicted octanol–water partition coefficient (Wildman–Crippen LogP) is 4.87. The summed E-state index contributed by atoms with van der Waals surface area (Å²) in [6, 6.07) is 10.7. The van der Waals surface area contributed by atoms with Gasteiger partial charge in [0.2, 0.25) is 0 Å². The summed E-state index contributed by atoms with van der Waals surface area (Å²) in [5, 5.41) is 0. The Morgan fingerprint density at radius 2 is 1.95 bits per heavy atom. The highest BCUT2D eigenvalue weighted by atomic mass is 79.9. The molecule has 5 heteroatoms. The van der Waals surface area contributed by atoms with Gasteiger partial charge in [-0.15, -0.1) is 0 Å². The van der Waals surface area contributed by atoms with E-state index in [4.69, 9.17) is 10.5 Å². The minimum atomic E-state index is -0.290. The molecule has 0 fully saturated rings. The molecule has 20 heavy (non-hydrogen) atoms. The number of ether oxygens (including phenoxy) is 1. The van der Waals surface area contributed by atoms with E-state index in [9.17, 15) is 4.39 Å². The zero-order valence-electron chi connectivity index (χ0n) is 10.4. The Kier molecular flexibility index (Phi) is 3.84. The molecule has 104 valence electrons. The van der Waals surface area contributed by atoms with Gasteiger partial charge in [0.15, 0.2) is 0 Å². The average molecular weight is 401 g/mol. The van der Waals surface area contributed by atoms with Crippen LogP contribution in [0.1, 0.15) is 29.7 Å². The summed E-state index contributed by atoms with van der Waals surface area (Å²) in [7, 11) is 0. The Bertz CT molecular complexity index is 662. The first-order chi connectivity index (χ1) is 9.54. The van der Waals surface area contributed by atoms with E-state index in [1.54, 1.807) is 6.07 Å². The van der Waals surface area contributed by atoms with Gasteiger partial charge < -0.3 is 10.5 Å². The largest absolute Gasteiger partial charge is 0.485 e. The first-order valence-electron chi connectivity index (χ1n) is 6.21. The van der Waals surface area contributed by atoms with Crippen LogP contribution < -0.4 is 10.5 Å². The first-order valence-corrected chi connectivity index (χ1v) is 7.80. The third-order valence-electron chi connectivity index (χ3n) is 3.42.